The molecule has 1 amide bonds. The molecule has 0 aliphatic carbocycles. The van der Waals surface area contributed by atoms with Crippen LogP contribution < -0.4 is 25.4 Å². The number of guanidine groups is 1. The molecule has 0 aromatic heterocycles. The van der Waals surface area contributed by atoms with E-state index < -0.39 is 0 Å². The Morgan fingerprint density at radius 3 is 2.43 bits per heavy atom. The minimum absolute atomic E-state index is 0.0389. The van der Waals surface area contributed by atoms with Crippen molar-refractivity contribution in [1.29, 1.82) is 0 Å². The van der Waals surface area contributed by atoms with Crippen molar-refractivity contribution in [3.05, 3.63) is 48.0 Å². The van der Waals surface area contributed by atoms with E-state index in [1.165, 1.54) is 0 Å². The highest BCUT2D eigenvalue weighted by atomic mass is 16.5. The monoisotopic (exact) mass is 410 g/mol. The number of ether oxygens (including phenoxy) is 2. The molecule has 0 spiro atoms. The number of hydrogen-bond acceptors (Lipinski definition) is 4. The topological polar surface area (TPSA) is 84.0 Å². The summed E-state index contributed by atoms with van der Waals surface area (Å²) in [5.41, 5.74) is 2.74. The van der Waals surface area contributed by atoms with Crippen LogP contribution in [0.1, 0.15) is 38.7 Å². The van der Waals surface area contributed by atoms with Gasteiger partial charge in [-0.15, -0.1) is 0 Å². The molecule has 2 aromatic rings. The normalized spacial score (nSPS) is 13.3. The third kappa shape index (κ3) is 6.40. The van der Waals surface area contributed by atoms with Crippen LogP contribution in [0, 0.1) is 0 Å². The molecule has 0 saturated carbocycles. The van der Waals surface area contributed by atoms with Gasteiger partial charge in [0.05, 0.1) is 19.8 Å². The molecule has 30 heavy (non-hydrogen) atoms. The minimum Gasteiger partial charge on any atom is -0.490 e. The number of aliphatic imine (C=N–C) groups is 1. The zero-order valence-corrected chi connectivity index (χ0v) is 17.7. The van der Waals surface area contributed by atoms with Gasteiger partial charge in [-0.05, 0) is 43.2 Å². The van der Waals surface area contributed by atoms with Gasteiger partial charge in [0, 0.05) is 36.8 Å². The Bertz CT molecular complexity index is 865. The first-order valence-corrected chi connectivity index (χ1v) is 10.5. The second kappa shape index (κ2) is 11.1. The highest BCUT2D eigenvalue weighted by Crippen LogP contribution is 2.32. The van der Waals surface area contributed by atoms with Crippen LogP contribution in [-0.4, -0.2) is 31.6 Å². The molecule has 1 heterocycles. The minimum atomic E-state index is 0.0389. The van der Waals surface area contributed by atoms with Gasteiger partial charge in [0.15, 0.2) is 17.5 Å². The Morgan fingerprint density at radius 2 is 1.70 bits per heavy atom. The van der Waals surface area contributed by atoms with Crippen LogP contribution in [0.2, 0.25) is 0 Å². The van der Waals surface area contributed by atoms with E-state index in [9.17, 15) is 4.79 Å². The first-order valence-electron chi connectivity index (χ1n) is 10.5. The number of amides is 1. The molecule has 0 radical (unpaired) electrons. The average molecular weight is 411 g/mol. The van der Waals surface area contributed by atoms with E-state index in [1.54, 1.807) is 0 Å². The summed E-state index contributed by atoms with van der Waals surface area (Å²) in [6.45, 7) is 6.61. The zero-order chi connectivity index (χ0) is 21.2. The lowest BCUT2D eigenvalue weighted by molar-refractivity contribution is -0.116. The highest BCUT2D eigenvalue weighted by Gasteiger charge is 2.11. The zero-order valence-electron chi connectivity index (χ0n) is 17.7. The molecule has 3 rings (SSSR count). The number of nitrogens with zero attached hydrogens (tertiary/aromatic N) is 1. The van der Waals surface area contributed by atoms with Gasteiger partial charge in [0.2, 0.25) is 5.91 Å². The Labute approximate surface area is 177 Å². The van der Waals surface area contributed by atoms with E-state index >= 15 is 0 Å². The van der Waals surface area contributed by atoms with E-state index in [2.05, 4.69) is 20.9 Å². The SMILES string of the molecule is CCCC(=O)Nc1ccc(CN=C(NCC)Nc2ccc3c(c2)OCCCO3)cc1. The molecule has 0 saturated heterocycles. The summed E-state index contributed by atoms with van der Waals surface area (Å²) in [4.78, 5) is 16.4. The molecule has 3 N–H and O–H groups in total. The molecular formula is C23H30N4O3. The lowest BCUT2D eigenvalue weighted by Crippen LogP contribution is -2.30. The van der Waals surface area contributed by atoms with E-state index in [0.717, 1.165) is 47.8 Å². The fraction of sp³-hybridized carbons (Fsp3) is 0.391. The van der Waals surface area contributed by atoms with Crippen LogP contribution >= 0.6 is 0 Å². The summed E-state index contributed by atoms with van der Waals surface area (Å²) < 4.78 is 11.4. The molecule has 1 aliphatic rings. The van der Waals surface area contributed by atoms with Crippen molar-refractivity contribution in [3.63, 3.8) is 0 Å². The maximum atomic E-state index is 11.7. The van der Waals surface area contributed by atoms with E-state index in [4.69, 9.17) is 9.47 Å². The molecule has 0 fully saturated rings. The van der Waals surface area contributed by atoms with Crippen LogP contribution in [-0.2, 0) is 11.3 Å². The predicted octanol–water partition coefficient (Wildman–Crippen LogP) is 4.16. The van der Waals surface area contributed by atoms with Crippen LogP contribution in [0.15, 0.2) is 47.5 Å². The van der Waals surface area contributed by atoms with Crippen LogP contribution in [0.5, 0.6) is 11.5 Å². The second-order valence-electron chi connectivity index (χ2n) is 7.03. The molecular weight excluding hydrogens is 380 g/mol. The van der Waals surface area contributed by atoms with E-state index in [0.29, 0.717) is 32.1 Å². The van der Waals surface area contributed by atoms with Crippen molar-refractivity contribution in [2.24, 2.45) is 4.99 Å². The molecule has 7 nitrogen and oxygen atoms in total. The number of carbonyl (C=O) groups is 1. The lowest BCUT2D eigenvalue weighted by Gasteiger charge is -2.14. The van der Waals surface area contributed by atoms with Crippen LogP contribution in [0.25, 0.3) is 0 Å². The van der Waals surface area contributed by atoms with Crippen molar-refractivity contribution in [2.75, 3.05) is 30.4 Å². The molecule has 160 valence electrons. The summed E-state index contributed by atoms with van der Waals surface area (Å²) in [7, 11) is 0. The van der Waals surface area contributed by atoms with Gasteiger partial charge in [-0.3, -0.25) is 4.79 Å². The van der Waals surface area contributed by atoms with Gasteiger partial charge in [-0.2, -0.15) is 0 Å². The first kappa shape index (κ1) is 21.5. The largest absolute Gasteiger partial charge is 0.490 e. The fourth-order valence-corrected chi connectivity index (χ4v) is 3.00. The van der Waals surface area contributed by atoms with Crippen molar-refractivity contribution in [3.8, 4) is 11.5 Å². The van der Waals surface area contributed by atoms with Gasteiger partial charge >= 0.3 is 0 Å². The molecule has 0 atom stereocenters. The maximum absolute atomic E-state index is 11.7. The summed E-state index contributed by atoms with van der Waals surface area (Å²) >= 11 is 0. The van der Waals surface area contributed by atoms with Gasteiger partial charge in [-0.1, -0.05) is 19.1 Å². The van der Waals surface area contributed by atoms with Gasteiger partial charge in [0.1, 0.15) is 0 Å². The highest BCUT2D eigenvalue weighted by molar-refractivity contribution is 5.94. The number of hydrogen-bond donors (Lipinski definition) is 3. The lowest BCUT2D eigenvalue weighted by atomic mass is 10.2. The summed E-state index contributed by atoms with van der Waals surface area (Å²) in [6.07, 6.45) is 2.24. The summed E-state index contributed by atoms with van der Waals surface area (Å²) in [6, 6.07) is 13.6. The fourth-order valence-electron chi connectivity index (χ4n) is 3.00. The Balaban J connectivity index is 1.63. The molecule has 7 heteroatoms. The van der Waals surface area contributed by atoms with Gasteiger partial charge in [-0.25, -0.2) is 4.99 Å². The van der Waals surface area contributed by atoms with E-state index in [-0.39, 0.29) is 5.91 Å². The predicted molar refractivity (Wildman–Crippen MR) is 120 cm³/mol. The quantitative estimate of drug-likeness (QED) is 0.471. The van der Waals surface area contributed by atoms with Crippen LogP contribution in [0.3, 0.4) is 0 Å². The summed E-state index contributed by atoms with van der Waals surface area (Å²) in [5.74, 6) is 2.24. The molecule has 1 aliphatic heterocycles. The van der Waals surface area contributed by atoms with Crippen molar-refractivity contribution in [2.45, 2.75) is 39.7 Å². The number of anilines is 2. The second-order valence-corrected chi connectivity index (χ2v) is 7.03. The molecule has 0 unspecified atom stereocenters. The molecule has 0 bridgehead atoms. The van der Waals surface area contributed by atoms with Gasteiger partial charge in [0.25, 0.3) is 0 Å². The van der Waals surface area contributed by atoms with Crippen molar-refractivity contribution < 1.29 is 14.3 Å². The third-order valence-electron chi connectivity index (χ3n) is 4.49. The Kier molecular flexibility index (Phi) is 7.94. The average Bonchev–Trinajstić information content (AvgIpc) is 2.98. The standard InChI is InChI=1S/C23H30N4O3/c1-3-6-22(28)26-18-9-7-17(8-10-18)16-25-23(24-4-2)27-19-11-12-20-21(15-19)30-14-5-13-29-20/h7-12,15H,3-6,13-14,16H2,1-2H3,(H,26,28)(H2,24,25,27). The van der Waals surface area contributed by atoms with Gasteiger partial charge < -0.3 is 25.4 Å². The van der Waals surface area contributed by atoms with Crippen molar-refractivity contribution >= 4 is 23.2 Å². The third-order valence-corrected chi connectivity index (χ3v) is 4.49. The first-order chi connectivity index (χ1) is 14.7. The number of nitrogens with one attached hydrogen (secondary N) is 3. The number of carbonyl (C=O) groups excluding carboxylic acids is 1. The summed E-state index contributed by atoms with van der Waals surface area (Å²) in [5, 5.41) is 9.47. The smallest absolute Gasteiger partial charge is 0.224 e. The van der Waals surface area contributed by atoms with E-state index in [1.807, 2.05) is 56.3 Å². The Hall–Kier alpha value is -3.22. The number of rotatable bonds is 7. The Morgan fingerprint density at radius 1 is 0.967 bits per heavy atom. The maximum Gasteiger partial charge on any atom is 0.224 e. The number of fused-ring (bicyclic) bond motifs is 1. The van der Waals surface area contributed by atoms with Crippen LogP contribution in [0.4, 0.5) is 11.4 Å². The number of benzene rings is 2. The van der Waals surface area contributed by atoms with Crippen molar-refractivity contribution in [1.82, 2.24) is 5.32 Å². The molecule has 2 aromatic carbocycles.